The van der Waals surface area contributed by atoms with Gasteiger partial charge in [-0.3, -0.25) is 4.79 Å². The van der Waals surface area contributed by atoms with E-state index in [9.17, 15) is 9.59 Å². The minimum atomic E-state index is -0.328. The van der Waals surface area contributed by atoms with Crippen LogP contribution in [-0.2, 0) is 9.53 Å². The fourth-order valence-corrected chi connectivity index (χ4v) is 1.42. The predicted octanol–water partition coefficient (Wildman–Crippen LogP) is 4.42. The quantitative estimate of drug-likeness (QED) is 0.608. The minimum absolute atomic E-state index is 0.245. The van der Waals surface area contributed by atoms with E-state index >= 15 is 0 Å². The van der Waals surface area contributed by atoms with E-state index in [0.29, 0.717) is 11.3 Å². The van der Waals surface area contributed by atoms with Crippen LogP contribution in [0.2, 0.25) is 0 Å². The number of methoxy groups -OCH3 is 1. The highest BCUT2D eigenvalue weighted by Gasteiger charge is 2.06. The van der Waals surface area contributed by atoms with Crippen LogP contribution in [0.15, 0.2) is 54.6 Å². The molecule has 4 heteroatoms. The highest BCUT2D eigenvalue weighted by Crippen LogP contribution is 2.14. The van der Waals surface area contributed by atoms with Crippen molar-refractivity contribution in [2.24, 2.45) is 0 Å². The smallest absolute Gasteiger partial charge is 0.343 e. The normalized spacial score (nSPS) is 8.57. The summed E-state index contributed by atoms with van der Waals surface area (Å²) in [6.45, 7) is 7.32. The molecule has 0 aliphatic heterocycles. The van der Waals surface area contributed by atoms with Crippen molar-refractivity contribution in [3.8, 4) is 5.75 Å². The second kappa shape index (κ2) is 12.0. The Kier molecular flexibility index (Phi) is 10.6. The molecule has 0 aromatic heterocycles. The lowest BCUT2D eigenvalue weighted by molar-refractivity contribution is -0.137. The maximum absolute atomic E-state index is 11.7. The predicted molar refractivity (Wildman–Crippen MR) is 91.6 cm³/mol. The maximum Gasteiger partial charge on any atom is 0.343 e. The van der Waals surface area contributed by atoms with Gasteiger partial charge in [-0.15, -0.1) is 0 Å². The van der Waals surface area contributed by atoms with Crippen LogP contribution in [0.25, 0.3) is 0 Å². The summed E-state index contributed by atoms with van der Waals surface area (Å²) in [7, 11) is 1.35. The highest BCUT2D eigenvalue weighted by atomic mass is 16.5. The number of hydrogen-bond donors (Lipinski definition) is 0. The summed E-state index contributed by atoms with van der Waals surface area (Å²) < 4.78 is 9.35. The van der Waals surface area contributed by atoms with Gasteiger partial charge in [-0.1, -0.05) is 44.2 Å². The molecule has 0 aliphatic rings. The molecule has 0 heterocycles. The van der Waals surface area contributed by atoms with E-state index in [1.165, 1.54) is 14.0 Å². The standard InChI is InChI=1S/C14H12O2.C3H6O2.C2H6/c1-11-6-5-9-13(10-11)16-14(15)12-7-3-2-4-8-12;1-3(4)5-2;1-2/h2-10H,1H3;1-2H3;1-2H3. The number of carbonyl (C=O) groups excluding carboxylic acids is 2. The van der Waals surface area contributed by atoms with Crippen LogP contribution in [-0.4, -0.2) is 19.0 Å². The van der Waals surface area contributed by atoms with Crippen molar-refractivity contribution in [2.45, 2.75) is 27.7 Å². The largest absolute Gasteiger partial charge is 0.469 e. The summed E-state index contributed by atoms with van der Waals surface area (Å²) in [6, 6.07) is 16.4. The first kappa shape index (κ1) is 20.4. The van der Waals surface area contributed by atoms with Crippen molar-refractivity contribution < 1.29 is 19.1 Å². The number of carbonyl (C=O) groups is 2. The Balaban J connectivity index is 0.000000594. The monoisotopic (exact) mass is 316 g/mol. The third-order valence-corrected chi connectivity index (χ3v) is 2.50. The van der Waals surface area contributed by atoms with E-state index in [-0.39, 0.29) is 11.9 Å². The van der Waals surface area contributed by atoms with Gasteiger partial charge in [-0.2, -0.15) is 0 Å². The van der Waals surface area contributed by atoms with Crippen molar-refractivity contribution in [2.75, 3.05) is 7.11 Å². The molecule has 0 N–H and O–H groups in total. The molecule has 23 heavy (non-hydrogen) atoms. The van der Waals surface area contributed by atoms with Gasteiger partial charge in [0.05, 0.1) is 12.7 Å². The van der Waals surface area contributed by atoms with Crippen LogP contribution < -0.4 is 4.74 Å². The lowest BCUT2D eigenvalue weighted by Crippen LogP contribution is -2.07. The van der Waals surface area contributed by atoms with E-state index in [0.717, 1.165) is 5.56 Å². The summed E-state index contributed by atoms with van der Waals surface area (Å²) in [5.74, 6) is 0.00468. The van der Waals surface area contributed by atoms with E-state index in [1.807, 2.05) is 57.2 Å². The summed E-state index contributed by atoms with van der Waals surface area (Å²) >= 11 is 0. The van der Waals surface area contributed by atoms with Crippen molar-refractivity contribution in [1.82, 2.24) is 0 Å². The highest BCUT2D eigenvalue weighted by molar-refractivity contribution is 5.90. The molecule has 4 nitrogen and oxygen atoms in total. The Hall–Kier alpha value is -2.62. The first-order chi connectivity index (χ1) is 11.0. The van der Waals surface area contributed by atoms with E-state index in [1.54, 1.807) is 18.2 Å². The van der Waals surface area contributed by atoms with Crippen LogP contribution in [0, 0.1) is 6.92 Å². The van der Waals surface area contributed by atoms with Crippen molar-refractivity contribution in [1.29, 1.82) is 0 Å². The zero-order chi connectivity index (χ0) is 17.7. The molecule has 0 amide bonds. The number of rotatable bonds is 2. The van der Waals surface area contributed by atoms with E-state index in [4.69, 9.17) is 4.74 Å². The van der Waals surface area contributed by atoms with Gasteiger partial charge in [-0.05, 0) is 36.8 Å². The number of benzene rings is 2. The molecule has 0 fully saturated rings. The van der Waals surface area contributed by atoms with Gasteiger partial charge in [0.15, 0.2) is 0 Å². The third kappa shape index (κ3) is 9.09. The molecule has 0 atom stereocenters. The van der Waals surface area contributed by atoms with E-state index < -0.39 is 0 Å². The molecule has 2 aromatic carbocycles. The molecule has 0 aliphatic carbocycles. The lowest BCUT2D eigenvalue weighted by Gasteiger charge is -2.04. The molecule has 2 rings (SSSR count). The minimum Gasteiger partial charge on any atom is -0.469 e. The molecular weight excluding hydrogens is 292 g/mol. The molecule has 0 spiro atoms. The second-order valence-electron chi connectivity index (χ2n) is 4.27. The molecular formula is C19H24O4. The van der Waals surface area contributed by atoms with Crippen molar-refractivity contribution in [3.63, 3.8) is 0 Å². The average molecular weight is 316 g/mol. The number of ether oxygens (including phenoxy) is 2. The zero-order valence-electron chi connectivity index (χ0n) is 14.3. The molecule has 0 radical (unpaired) electrons. The van der Waals surface area contributed by atoms with Gasteiger partial charge >= 0.3 is 11.9 Å². The van der Waals surface area contributed by atoms with Crippen LogP contribution >= 0.6 is 0 Å². The number of esters is 2. The molecule has 0 bridgehead atoms. The second-order valence-corrected chi connectivity index (χ2v) is 4.27. The average Bonchev–Trinajstić information content (AvgIpc) is 2.58. The number of hydrogen-bond acceptors (Lipinski definition) is 4. The summed E-state index contributed by atoms with van der Waals surface area (Å²) in [6.07, 6.45) is 0. The number of aryl methyl sites for hydroxylation is 1. The first-order valence-electron chi connectivity index (χ1n) is 7.41. The Morgan fingerprint density at radius 3 is 1.96 bits per heavy atom. The summed E-state index contributed by atoms with van der Waals surface area (Å²) in [5.41, 5.74) is 1.63. The van der Waals surface area contributed by atoms with Gasteiger partial charge in [0, 0.05) is 6.92 Å². The topological polar surface area (TPSA) is 52.6 Å². The molecule has 2 aromatic rings. The SMILES string of the molecule is CC.COC(C)=O.Cc1cccc(OC(=O)c2ccccc2)c1. The summed E-state index contributed by atoms with van der Waals surface area (Å²) in [4.78, 5) is 21.3. The Morgan fingerprint density at radius 2 is 1.48 bits per heavy atom. The van der Waals surface area contributed by atoms with Gasteiger partial charge in [-0.25, -0.2) is 4.79 Å². The van der Waals surface area contributed by atoms with Gasteiger partial charge in [0.25, 0.3) is 0 Å². The Bertz CT molecular complexity index is 591. The fraction of sp³-hybridized carbons (Fsp3) is 0.263. The Labute approximate surface area is 138 Å². The Morgan fingerprint density at radius 1 is 0.913 bits per heavy atom. The van der Waals surface area contributed by atoms with Crippen LogP contribution in [0.1, 0.15) is 36.7 Å². The molecule has 124 valence electrons. The molecule has 0 saturated heterocycles. The van der Waals surface area contributed by atoms with Gasteiger partial charge in [0.1, 0.15) is 5.75 Å². The first-order valence-corrected chi connectivity index (χ1v) is 7.41. The van der Waals surface area contributed by atoms with Crippen LogP contribution in [0.4, 0.5) is 0 Å². The zero-order valence-corrected chi connectivity index (χ0v) is 14.3. The lowest BCUT2D eigenvalue weighted by atomic mass is 10.2. The summed E-state index contributed by atoms with van der Waals surface area (Å²) in [5, 5.41) is 0. The fourth-order valence-electron chi connectivity index (χ4n) is 1.42. The van der Waals surface area contributed by atoms with Gasteiger partial charge in [0.2, 0.25) is 0 Å². The third-order valence-electron chi connectivity index (χ3n) is 2.50. The van der Waals surface area contributed by atoms with Crippen LogP contribution in [0.3, 0.4) is 0 Å². The van der Waals surface area contributed by atoms with Crippen LogP contribution in [0.5, 0.6) is 5.75 Å². The molecule has 0 saturated carbocycles. The maximum atomic E-state index is 11.7. The van der Waals surface area contributed by atoms with Crippen molar-refractivity contribution in [3.05, 3.63) is 65.7 Å². The molecule has 0 unspecified atom stereocenters. The van der Waals surface area contributed by atoms with Crippen molar-refractivity contribution >= 4 is 11.9 Å². The van der Waals surface area contributed by atoms with Gasteiger partial charge < -0.3 is 9.47 Å². The van der Waals surface area contributed by atoms with E-state index in [2.05, 4.69) is 4.74 Å².